The molecule has 0 aliphatic carbocycles. The van der Waals surface area contributed by atoms with E-state index in [1.807, 2.05) is 24.3 Å². The first-order chi connectivity index (χ1) is 10.6. The quantitative estimate of drug-likeness (QED) is 0.842. The van der Waals surface area contributed by atoms with Crippen LogP contribution in [0.3, 0.4) is 0 Å². The molecule has 1 unspecified atom stereocenters. The van der Waals surface area contributed by atoms with Gasteiger partial charge in [0.25, 0.3) is 0 Å². The van der Waals surface area contributed by atoms with E-state index in [4.69, 9.17) is 14.2 Å². The highest BCUT2D eigenvalue weighted by Crippen LogP contribution is 2.41. The number of hydrogen-bond donors (Lipinski definition) is 0. The van der Waals surface area contributed by atoms with Crippen molar-refractivity contribution in [3.8, 4) is 11.5 Å². The summed E-state index contributed by atoms with van der Waals surface area (Å²) in [6.07, 6.45) is 1.54. The molecule has 1 aliphatic rings. The van der Waals surface area contributed by atoms with Crippen molar-refractivity contribution in [2.75, 3.05) is 7.11 Å². The predicted octanol–water partition coefficient (Wildman–Crippen LogP) is 4.30. The minimum atomic E-state index is -0.385. The van der Waals surface area contributed by atoms with E-state index in [1.54, 1.807) is 7.11 Å². The first-order valence-corrected chi connectivity index (χ1v) is 7.65. The number of benzene rings is 2. The third-order valence-corrected chi connectivity index (χ3v) is 4.03. The molecule has 1 atom stereocenters. The number of ether oxygens (including phenoxy) is 3. The Balaban J connectivity index is 1.74. The molecule has 0 radical (unpaired) electrons. The zero-order chi connectivity index (χ0) is 15.6. The molecule has 0 saturated carbocycles. The molecule has 0 amide bonds. The zero-order valence-electron chi connectivity index (χ0n) is 13.3. The Kier molecular flexibility index (Phi) is 4.08. The minimum Gasteiger partial charge on any atom is -0.497 e. The van der Waals surface area contributed by atoms with E-state index in [0.29, 0.717) is 0 Å². The molecule has 3 heteroatoms. The van der Waals surface area contributed by atoms with Crippen LogP contribution < -0.4 is 9.47 Å². The molecule has 0 N–H and O–H groups in total. The fraction of sp³-hybridized carbons (Fsp3) is 0.368. The van der Waals surface area contributed by atoms with Gasteiger partial charge in [-0.1, -0.05) is 30.3 Å². The van der Waals surface area contributed by atoms with Crippen LogP contribution in [0.2, 0.25) is 0 Å². The monoisotopic (exact) mass is 298 g/mol. The van der Waals surface area contributed by atoms with Crippen molar-refractivity contribution in [3.63, 3.8) is 0 Å². The molecule has 0 aromatic heterocycles. The second-order valence-electron chi connectivity index (χ2n) is 6.06. The fourth-order valence-corrected chi connectivity index (χ4v) is 2.81. The third kappa shape index (κ3) is 3.09. The maximum atomic E-state index is 6.14. The molecule has 0 fully saturated rings. The van der Waals surface area contributed by atoms with Crippen LogP contribution in [0.25, 0.3) is 0 Å². The molecule has 2 aromatic rings. The Labute approximate surface area is 131 Å². The average Bonchev–Trinajstić information content (AvgIpc) is 2.53. The highest BCUT2D eigenvalue weighted by atomic mass is 16.7. The molecule has 0 saturated heterocycles. The number of fused-ring (bicyclic) bond motifs is 1. The van der Waals surface area contributed by atoms with Crippen LogP contribution in [0, 0.1) is 0 Å². The molecular weight excluding hydrogens is 276 g/mol. The maximum Gasteiger partial charge on any atom is 0.201 e. The predicted molar refractivity (Wildman–Crippen MR) is 86.3 cm³/mol. The molecule has 1 heterocycles. The van der Waals surface area contributed by atoms with Crippen molar-refractivity contribution in [1.82, 2.24) is 0 Å². The number of aryl methyl sites for hydroxylation is 1. The summed E-state index contributed by atoms with van der Waals surface area (Å²) < 4.78 is 17.4. The van der Waals surface area contributed by atoms with Gasteiger partial charge in [0.2, 0.25) is 6.29 Å². The Morgan fingerprint density at radius 1 is 1.09 bits per heavy atom. The van der Waals surface area contributed by atoms with Gasteiger partial charge in [-0.3, -0.25) is 0 Å². The van der Waals surface area contributed by atoms with Gasteiger partial charge in [0, 0.05) is 12.0 Å². The lowest BCUT2D eigenvalue weighted by molar-refractivity contribution is -0.184. The van der Waals surface area contributed by atoms with Crippen LogP contribution in [0.5, 0.6) is 11.5 Å². The van der Waals surface area contributed by atoms with E-state index < -0.39 is 0 Å². The van der Waals surface area contributed by atoms with E-state index >= 15 is 0 Å². The average molecular weight is 298 g/mol. The Morgan fingerprint density at radius 2 is 1.86 bits per heavy atom. The smallest absolute Gasteiger partial charge is 0.201 e. The van der Waals surface area contributed by atoms with Crippen LogP contribution in [0.15, 0.2) is 48.5 Å². The first kappa shape index (κ1) is 14.9. The van der Waals surface area contributed by atoms with Gasteiger partial charge in [-0.25, -0.2) is 0 Å². The third-order valence-electron chi connectivity index (χ3n) is 4.03. The highest BCUT2D eigenvalue weighted by Gasteiger charge is 2.35. The molecule has 2 aromatic carbocycles. The summed E-state index contributed by atoms with van der Waals surface area (Å²) in [5.41, 5.74) is 1.94. The van der Waals surface area contributed by atoms with Gasteiger partial charge in [-0.15, -0.1) is 0 Å². The van der Waals surface area contributed by atoms with Crippen LogP contribution in [-0.2, 0) is 16.8 Å². The van der Waals surface area contributed by atoms with Crippen molar-refractivity contribution in [3.05, 3.63) is 59.7 Å². The lowest BCUT2D eigenvalue weighted by Gasteiger charge is -2.38. The number of methoxy groups -OCH3 is 1. The van der Waals surface area contributed by atoms with Gasteiger partial charge in [0.1, 0.15) is 11.5 Å². The Morgan fingerprint density at radius 3 is 2.59 bits per heavy atom. The molecule has 22 heavy (non-hydrogen) atoms. The van der Waals surface area contributed by atoms with E-state index in [0.717, 1.165) is 29.9 Å². The zero-order valence-corrected chi connectivity index (χ0v) is 13.3. The van der Waals surface area contributed by atoms with Crippen LogP contribution in [0.1, 0.15) is 31.4 Å². The summed E-state index contributed by atoms with van der Waals surface area (Å²) in [7, 11) is 1.67. The lowest BCUT2D eigenvalue weighted by Crippen LogP contribution is -2.37. The van der Waals surface area contributed by atoms with Crippen molar-refractivity contribution < 1.29 is 14.2 Å². The van der Waals surface area contributed by atoms with Crippen molar-refractivity contribution in [2.45, 2.75) is 38.6 Å². The normalized spacial score (nSPS) is 19.1. The number of hydrogen-bond acceptors (Lipinski definition) is 3. The van der Waals surface area contributed by atoms with Crippen molar-refractivity contribution in [2.24, 2.45) is 0 Å². The van der Waals surface area contributed by atoms with Crippen LogP contribution in [-0.4, -0.2) is 13.4 Å². The summed E-state index contributed by atoms with van der Waals surface area (Å²) in [4.78, 5) is 0. The van der Waals surface area contributed by atoms with E-state index in [-0.39, 0.29) is 11.9 Å². The van der Waals surface area contributed by atoms with Gasteiger partial charge in [-0.05, 0) is 44.0 Å². The molecule has 3 nitrogen and oxygen atoms in total. The SMILES string of the molecule is COc1ccc2c(c1)C(C)(C)OC(CCc1ccccc1)O2. The van der Waals surface area contributed by atoms with E-state index in [2.05, 4.69) is 38.1 Å². The van der Waals surface area contributed by atoms with E-state index in [9.17, 15) is 0 Å². The summed E-state index contributed by atoms with van der Waals surface area (Å²) >= 11 is 0. The van der Waals surface area contributed by atoms with Crippen LogP contribution >= 0.6 is 0 Å². The van der Waals surface area contributed by atoms with Crippen molar-refractivity contribution in [1.29, 1.82) is 0 Å². The summed E-state index contributed by atoms with van der Waals surface area (Å²) in [6.45, 7) is 4.15. The van der Waals surface area contributed by atoms with E-state index in [1.165, 1.54) is 5.56 Å². The van der Waals surface area contributed by atoms with Gasteiger partial charge in [0.05, 0.1) is 12.7 Å². The fourth-order valence-electron chi connectivity index (χ4n) is 2.81. The topological polar surface area (TPSA) is 27.7 Å². The standard InChI is InChI=1S/C19H22O3/c1-19(2)16-13-15(20-3)10-11-17(16)21-18(22-19)12-9-14-7-5-4-6-8-14/h4-8,10-11,13,18H,9,12H2,1-3H3. The molecular formula is C19H22O3. The second-order valence-corrected chi connectivity index (χ2v) is 6.06. The summed E-state index contributed by atoms with van der Waals surface area (Å²) in [5.74, 6) is 1.71. The summed E-state index contributed by atoms with van der Waals surface area (Å²) in [6, 6.07) is 16.3. The molecule has 0 spiro atoms. The lowest BCUT2D eigenvalue weighted by atomic mass is 9.95. The molecule has 1 aliphatic heterocycles. The molecule has 0 bridgehead atoms. The highest BCUT2D eigenvalue weighted by molar-refractivity contribution is 5.44. The van der Waals surface area contributed by atoms with Gasteiger partial charge >= 0.3 is 0 Å². The van der Waals surface area contributed by atoms with Crippen LogP contribution in [0.4, 0.5) is 0 Å². The van der Waals surface area contributed by atoms with Gasteiger partial charge in [0.15, 0.2) is 0 Å². The minimum absolute atomic E-state index is 0.226. The number of rotatable bonds is 4. The van der Waals surface area contributed by atoms with Gasteiger partial charge in [-0.2, -0.15) is 0 Å². The van der Waals surface area contributed by atoms with Crippen molar-refractivity contribution >= 4 is 0 Å². The Hall–Kier alpha value is -2.00. The maximum absolute atomic E-state index is 6.14. The largest absolute Gasteiger partial charge is 0.497 e. The van der Waals surface area contributed by atoms with Gasteiger partial charge < -0.3 is 14.2 Å². The Bertz CT molecular complexity index is 634. The molecule has 3 rings (SSSR count). The molecule has 116 valence electrons. The first-order valence-electron chi connectivity index (χ1n) is 7.65. The second kappa shape index (κ2) is 6.01. The summed E-state index contributed by atoms with van der Waals surface area (Å²) in [5, 5.41) is 0.